The van der Waals surface area contributed by atoms with Gasteiger partial charge in [0.05, 0.1) is 4.90 Å². The summed E-state index contributed by atoms with van der Waals surface area (Å²) in [5.41, 5.74) is 5.28. The minimum Gasteiger partial charge on any atom is -0.338 e. The Bertz CT molecular complexity index is 1400. The molecule has 0 aliphatic carbocycles. The molecule has 0 amide bonds. The van der Waals surface area contributed by atoms with Crippen molar-refractivity contribution in [1.29, 1.82) is 0 Å². The lowest BCUT2D eigenvalue weighted by atomic mass is 10.0. The predicted octanol–water partition coefficient (Wildman–Crippen LogP) is 4.87. The van der Waals surface area contributed by atoms with Crippen LogP contribution in [0.3, 0.4) is 0 Å². The normalized spacial score (nSPS) is 11.6. The number of nitrogens with one attached hydrogen (secondary N) is 2. The van der Waals surface area contributed by atoms with Crippen LogP contribution in [0.15, 0.2) is 65.6 Å². The van der Waals surface area contributed by atoms with E-state index in [-0.39, 0.29) is 4.90 Å². The van der Waals surface area contributed by atoms with Crippen LogP contribution in [0.4, 0.5) is 11.5 Å². The lowest BCUT2D eigenvalue weighted by Gasteiger charge is -2.14. The van der Waals surface area contributed by atoms with Crippen molar-refractivity contribution in [2.75, 3.05) is 12.4 Å². The van der Waals surface area contributed by atoms with Crippen LogP contribution in [0.2, 0.25) is 0 Å². The predicted molar refractivity (Wildman–Crippen MR) is 125 cm³/mol. The smallest absolute Gasteiger partial charge is 0.240 e. The first-order valence-electron chi connectivity index (χ1n) is 9.94. The molecule has 0 aliphatic heterocycles. The summed E-state index contributed by atoms with van der Waals surface area (Å²) in [5.74, 6) is 0.654. The van der Waals surface area contributed by atoms with Gasteiger partial charge in [-0.15, -0.1) is 10.2 Å². The molecule has 2 N–H and O–H groups in total. The van der Waals surface area contributed by atoms with Crippen LogP contribution >= 0.6 is 0 Å². The maximum absolute atomic E-state index is 12.4. The molecular formula is C24H24N4O2S. The van der Waals surface area contributed by atoms with Crippen molar-refractivity contribution < 1.29 is 8.42 Å². The van der Waals surface area contributed by atoms with Crippen LogP contribution in [-0.4, -0.2) is 25.7 Å². The Labute approximate surface area is 182 Å². The first-order chi connectivity index (χ1) is 14.8. The maximum Gasteiger partial charge on any atom is 0.240 e. The first-order valence-corrected chi connectivity index (χ1v) is 11.4. The number of aryl methyl sites for hydroxylation is 3. The lowest BCUT2D eigenvalue weighted by Crippen LogP contribution is -2.19. The fourth-order valence-electron chi connectivity index (χ4n) is 3.64. The van der Waals surface area contributed by atoms with Gasteiger partial charge in [0.1, 0.15) is 5.69 Å². The van der Waals surface area contributed by atoms with Gasteiger partial charge in [-0.1, -0.05) is 54.1 Å². The van der Waals surface area contributed by atoms with Gasteiger partial charge in [-0.2, -0.15) is 0 Å². The van der Waals surface area contributed by atoms with Crippen LogP contribution in [0.25, 0.3) is 22.0 Å². The van der Waals surface area contributed by atoms with E-state index in [9.17, 15) is 8.42 Å². The number of benzene rings is 3. The van der Waals surface area contributed by atoms with Crippen molar-refractivity contribution in [3.63, 3.8) is 0 Å². The molecule has 1 aromatic heterocycles. The zero-order chi connectivity index (χ0) is 22.2. The van der Waals surface area contributed by atoms with Crippen molar-refractivity contribution >= 4 is 32.3 Å². The van der Waals surface area contributed by atoms with E-state index >= 15 is 0 Å². The minimum absolute atomic E-state index is 0.232. The van der Waals surface area contributed by atoms with E-state index in [1.807, 2.05) is 36.4 Å². The maximum atomic E-state index is 12.4. The highest BCUT2D eigenvalue weighted by molar-refractivity contribution is 7.89. The highest BCUT2D eigenvalue weighted by Crippen LogP contribution is 2.33. The van der Waals surface area contributed by atoms with Gasteiger partial charge in [0.2, 0.25) is 10.0 Å². The lowest BCUT2D eigenvalue weighted by molar-refractivity contribution is 0.587. The highest BCUT2D eigenvalue weighted by atomic mass is 32.2. The molecule has 0 radical (unpaired) electrons. The van der Waals surface area contributed by atoms with Crippen molar-refractivity contribution in [2.45, 2.75) is 25.7 Å². The second-order valence-electron chi connectivity index (χ2n) is 7.57. The van der Waals surface area contributed by atoms with E-state index in [1.165, 1.54) is 12.6 Å². The molecule has 0 bridgehead atoms. The average Bonchev–Trinajstić information content (AvgIpc) is 2.76. The average molecular weight is 433 g/mol. The third-order valence-corrected chi connectivity index (χ3v) is 6.90. The molecule has 31 heavy (non-hydrogen) atoms. The van der Waals surface area contributed by atoms with E-state index < -0.39 is 10.0 Å². The monoisotopic (exact) mass is 432 g/mol. The molecule has 4 aromatic rings. The number of anilines is 2. The van der Waals surface area contributed by atoms with E-state index in [0.29, 0.717) is 22.6 Å². The summed E-state index contributed by atoms with van der Waals surface area (Å²) in [4.78, 5) is 0.232. The molecule has 0 aliphatic rings. The summed E-state index contributed by atoms with van der Waals surface area (Å²) >= 11 is 0. The van der Waals surface area contributed by atoms with E-state index in [1.54, 1.807) is 19.1 Å². The molecule has 4 rings (SSSR count). The van der Waals surface area contributed by atoms with Crippen molar-refractivity contribution in [3.8, 4) is 11.3 Å². The van der Waals surface area contributed by atoms with Crippen LogP contribution in [0.5, 0.6) is 0 Å². The van der Waals surface area contributed by atoms with Crippen molar-refractivity contribution in [1.82, 2.24) is 14.9 Å². The van der Waals surface area contributed by atoms with Gasteiger partial charge < -0.3 is 5.32 Å². The molecule has 7 heteroatoms. The summed E-state index contributed by atoms with van der Waals surface area (Å²) in [6, 6.07) is 19.4. The Morgan fingerprint density at radius 1 is 0.806 bits per heavy atom. The Morgan fingerprint density at radius 2 is 1.55 bits per heavy atom. The Balaban J connectivity index is 1.85. The number of hydrogen-bond acceptors (Lipinski definition) is 5. The molecule has 0 atom stereocenters. The fraction of sp³-hybridized carbons (Fsp3) is 0.167. The second-order valence-corrected chi connectivity index (χ2v) is 9.43. The number of aromatic nitrogens is 2. The molecule has 0 saturated heterocycles. The van der Waals surface area contributed by atoms with Gasteiger partial charge in [-0.05, 0) is 51.1 Å². The SMILES string of the molecule is CNS(=O)(=O)c1cc(-c2nnc(Nc3ccc(C)cc3C)c3ccccc23)ccc1C. The first kappa shape index (κ1) is 21.0. The summed E-state index contributed by atoms with van der Waals surface area (Å²) in [7, 11) is -2.17. The molecular weight excluding hydrogens is 408 g/mol. The molecule has 0 unspecified atom stereocenters. The summed E-state index contributed by atoms with van der Waals surface area (Å²) in [5, 5.41) is 14.1. The molecule has 0 fully saturated rings. The standard InChI is InChI=1S/C24H24N4O2S/c1-15-9-12-21(17(3)13-15)26-24-20-8-6-5-7-19(20)23(27-28-24)18-11-10-16(2)22(14-18)31(29,30)25-4/h5-14,25H,1-4H3,(H,26,28). The summed E-state index contributed by atoms with van der Waals surface area (Å²) < 4.78 is 27.2. The molecule has 1 heterocycles. The van der Waals surface area contributed by atoms with Crippen LogP contribution in [0, 0.1) is 20.8 Å². The van der Waals surface area contributed by atoms with Gasteiger partial charge >= 0.3 is 0 Å². The molecule has 0 spiro atoms. The van der Waals surface area contributed by atoms with Crippen molar-refractivity contribution in [2.24, 2.45) is 0 Å². The second kappa shape index (κ2) is 8.09. The molecule has 3 aromatic carbocycles. The number of hydrogen-bond donors (Lipinski definition) is 2. The largest absolute Gasteiger partial charge is 0.338 e. The number of nitrogens with zero attached hydrogens (tertiary/aromatic N) is 2. The van der Waals surface area contributed by atoms with Gasteiger partial charge in [-0.3, -0.25) is 0 Å². The van der Waals surface area contributed by atoms with Gasteiger partial charge in [0.15, 0.2) is 5.82 Å². The minimum atomic E-state index is -3.58. The molecule has 6 nitrogen and oxygen atoms in total. The quantitative estimate of drug-likeness (QED) is 0.470. The van der Waals surface area contributed by atoms with E-state index in [4.69, 9.17) is 0 Å². The molecule has 158 valence electrons. The van der Waals surface area contributed by atoms with Gasteiger partial charge in [0.25, 0.3) is 0 Å². The summed E-state index contributed by atoms with van der Waals surface area (Å²) in [6.07, 6.45) is 0. The zero-order valence-corrected chi connectivity index (χ0v) is 18.7. The van der Waals surface area contributed by atoms with Gasteiger partial charge in [-0.25, -0.2) is 13.1 Å². The fourth-order valence-corrected chi connectivity index (χ4v) is 4.63. The van der Waals surface area contributed by atoms with Crippen LogP contribution < -0.4 is 10.0 Å². The highest BCUT2D eigenvalue weighted by Gasteiger charge is 2.18. The molecule has 0 saturated carbocycles. The van der Waals surface area contributed by atoms with Crippen molar-refractivity contribution in [3.05, 3.63) is 77.4 Å². The van der Waals surface area contributed by atoms with Crippen LogP contribution in [0.1, 0.15) is 16.7 Å². The van der Waals surface area contributed by atoms with Crippen LogP contribution in [-0.2, 0) is 10.0 Å². The van der Waals surface area contributed by atoms with E-state index in [2.05, 4.69) is 46.2 Å². The Morgan fingerprint density at radius 3 is 2.26 bits per heavy atom. The zero-order valence-electron chi connectivity index (χ0n) is 17.9. The number of rotatable bonds is 5. The summed E-state index contributed by atoms with van der Waals surface area (Å²) in [6.45, 7) is 5.88. The third kappa shape index (κ3) is 4.02. The Hall–Kier alpha value is -3.29. The van der Waals surface area contributed by atoms with E-state index in [0.717, 1.165) is 22.0 Å². The Kier molecular flexibility index (Phi) is 5.47. The number of sulfonamides is 1. The topological polar surface area (TPSA) is 84.0 Å². The van der Waals surface area contributed by atoms with Gasteiger partial charge in [0, 0.05) is 22.0 Å². The number of fused-ring (bicyclic) bond motifs is 1. The third-order valence-electron chi connectivity index (χ3n) is 5.34.